The minimum absolute atomic E-state index is 0.495. The topological polar surface area (TPSA) is 24.5 Å². The number of ether oxygens (including phenoxy) is 1. The molecule has 98 valence electrons. The molecule has 0 aromatic carbocycles. The van der Waals surface area contributed by atoms with E-state index in [0.717, 1.165) is 19.7 Å². The highest BCUT2D eigenvalue weighted by molar-refractivity contribution is 4.77. The first kappa shape index (κ1) is 15.9. The van der Waals surface area contributed by atoms with Gasteiger partial charge in [0.05, 0.1) is 6.61 Å². The SMILES string of the molecule is CCC(C)C(CN(CC)C(C)COC)NC. The molecule has 3 atom stereocenters. The van der Waals surface area contributed by atoms with Gasteiger partial charge in [0, 0.05) is 25.7 Å². The maximum absolute atomic E-state index is 5.23. The number of hydrogen-bond donors (Lipinski definition) is 1. The van der Waals surface area contributed by atoms with Crippen molar-refractivity contribution in [1.82, 2.24) is 10.2 Å². The summed E-state index contributed by atoms with van der Waals surface area (Å²) in [5, 5.41) is 3.43. The van der Waals surface area contributed by atoms with Gasteiger partial charge < -0.3 is 10.1 Å². The van der Waals surface area contributed by atoms with E-state index in [0.29, 0.717) is 18.0 Å². The first-order valence-electron chi connectivity index (χ1n) is 6.50. The van der Waals surface area contributed by atoms with Crippen molar-refractivity contribution in [1.29, 1.82) is 0 Å². The molecule has 0 rings (SSSR count). The quantitative estimate of drug-likeness (QED) is 0.655. The Morgan fingerprint density at radius 1 is 1.25 bits per heavy atom. The lowest BCUT2D eigenvalue weighted by Crippen LogP contribution is -2.47. The lowest BCUT2D eigenvalue weighted by molar-refractivity contribution is 0.0908. The van der Waals surface area contributed by atoms with Crippen LogP contribution in [-0.4, -0.2) is 50.8 Å². The summed E-state index contributed by atoms with van der Waals surface area (Å²) in [6.07, 6.45) is 1.22. The second-order valence-electron chi connectivity index (χ2n) is 4.67. The zero-order valence-corrected chi connectivity index (χ0v) is 11.9. The Labute approximate surface area is 102 Å². The van der Waals surface area contributed by atoms with Crippen LogP contribution in [0.1, 0.15) is 34.1 Å². The van der Waals surface area contributed by atoms with Gasteiger partial charge in [-0.1, -0.05) is 27.2 Å². The zero-order chi connectivity index (χ0) is 12.6. The summed E-state index contributed by atoms with van der Waals surface area (Å²) in [5.74, 6) is 0.716. The van der Waals surface area contributed by atoms with E-state index in [4.69, 9.17) is 4.74 Å². The molecule has 0 aliphatic heterocycles. The van der Waals surface area contributed by atoms with Gasteiger partial charge in [-0.3, -0.25) is 4.90 Å². The Morgan fingerprint density at radius 2 is 1.88 bits per heavy atom. The normalized spacial score (nSPS) is 17.4. The third-order valence-electron chi connectivity index (χ3n) is 3.57. The Bertz CT molecular complexity index is 164. The summed E-state index contributed by atoms with van der Waals surface area (Å²) in [7, 11) is 3.83. The highest BCUT2D eigenvalue weighted by Gasteiger charge is 2.20. The fourth-order valence-electron chi connectivity index (χ4n) is 2.06. The average Bonchev–Trinajstić information content (AvgIpc) is 2.30. The summed E-state index contributed by atoms with van der Waals surface area (Å²) in [6.45, 7) is 12.0. The molecular formula is C13H30N2O. The van der Waals surface area contributed by atoms with E-state index in [-0.39, 0.29) is 0 Å². The van der Waals surface area contributed by atoms with E-state index in [2.05, 4.69) is 45.0 Å². The number of nitrogens with one attached hydrogen (secondary N) is 1. The van der Waals surface area contributed by atoms with E-state index in [1.54, 1.807) is 7.11 Å². The fourth-order valence-corrected chi connectivity index (χ4v) is 2.06. The van der Waals surface area contributed by atoms with Gasteiger partial charge in [-0.15, -0.1) is 0 Å². The molecule has 0 aromatic heterocycles. The van der Waals surface area contributed by atoms with Gasteiger partial charge in [0.1, 0.15) is 0 Å². The molecule has 1 N–H and O–H groups in total. The molecule has 0 saturated heterocycles. The molecule has 0 aliphatic rings. The largest absolute Gasteiger partial charge is 0.383 e. The molecule has 0 fully saturated rings. The van der Waals surface area contributed by atoms with Crippen LogP contribution in [-0.2, 0) is 4.74 Å². The van der Waals surface area contributed by atoms with Crippen molar-refractivity contribution in [2.24, 2.45) is 5.92 Å². The Morgan fingerprint density at radius 3 is 2.25 bits per heavy atom. The molecule has 0 heterocycles. The van der Waals surface area contributed by atoms with Gasteiger partial charge in [-0.2, -0.15) is 0 Å². The Balaban J connectivity index is 4.26. The van der Waals surface area contributed by atoms with Crippen LogP contribution in [0, 0.1) is 5.92 Å². The number of likely N-dealkylation sites (N-methyl/N-ethyl adjacent to an activating group) is 2. The molecule has 0 radical (unpaired) electrons. The van der Waals surface area contributed by atoms with Crippen LogP contribution in [0.25, 0.3) is 0 Å². The van der Waals surface area contributed by atoms with Crippen molar-refractivity contribution in [3.8, 4) is 0 Å². The van der Waals surface area contributed by atoms with E-state index in [9.17, 15) is 0 Å². The fraction of sp³-hybridized carbons (Fsp3) is 1.00. The van der Waals surface area contributed by atoms with E-state index >= 15 is 0 Å². The van der Waals surface area contributed by atoms with E-state index < -0.39 is 0 Å². The van der Waals surface area contributed by atoms with Crippen molar-refractivity contribution in [2.45, 2.75) is 46.2 Å². The number of nitrogens with zero attached hydrogens (tertiary/aromatic N) is 1. The molecule has 3 unspecified atom stereocenters. The zero-order valence-electron chi connectivity index (χ0n) is 11.9. The van der Waals surface area contributed by atoms with Crippen LogP contribution in [0.3, 0.4) is 0 Å². The summed E-state index contributed by atoms with van der Waals surface area (Å²) >= 11 is 0. The molecule has 0 saturated carbocycles. The second-order valence-corrected chi connectivity index (χ2v) is 4.67. The third kappa shape index (κ3) is 5.28. The first-order valence-corrected chi connectivity index (χ1v) is 6.50. The standard InChI is InChI=1S/C13H30N2O/c1-7-11(3)13(14-5)9-15(8-2)12(4)10-16-6/h11-14H,7-10H2,1-6H3. The number of methoxy groups -OCH3 is 1. The molecule has 3 heteroatoms. The van der Waals surface area contributed by atoms with E-state index in [1.807, 2.05) is 0 Å². The van der Waals surface area contributed by atoms with Crippen LogP contribution in [0.5, 0.6) is 0 Å². The van der Waals surface area contributed by atoms with Crippen LogP contribution < -0.4 is 5.32 Å². The molecule has 0 spiro atoms. The van der Waals surface area contributed by atoms with Gasteiger partial charge in [0.15, 0.2) is 0 Å². The molecular weight excluding hydrogens is 200 g/mol. The summed E-state index contributed by atoms with van der Waals surface area (Å²) in [6, 6.07) is 1.07. The van der Waals surface area contributed by atoms with Crippen LogP contribution in [0.4, 0.5) is 0 Å². The summed E-state index contributed by atoms with van der Waals surface area (Å²) in [5.41, 5.74) is 0. The molecule has 0 amide bonds. The highest BCUT2D eigenvalue weighted by Crippen LogP contribution is 2.10. The Kier molecular flexibility index (Phi) is 8.90. The minimum atomic E-state index is 0.495. The van der Waals surface area contributed by atoms with Crippen molar-refractivity contribution < 1.29 is 4.74 Å². The summed E-state index contributed by atoms with van der Waals surface area (Å²) < 4.78 is 5.23. The lowest BCUT2D eigenvalue weighted by atomic mass is 9.98. The summed E-state index contributed by atoms with van der Waals surface area (Å²) in [4.78, 5) is 2.48. The van der Waals surface area contributed by atoms with Crippen LogP contribution >= 0.6 is 0 Å². The molecule has 0 aliphatic carbocycles. The van der Waals surface area contributed by atoms with Crippen molar-refractivity contribution in [3.63, 3.8) is 0 Å². The van der Waals surface area contributed by atoms with Gasteiger partial charge in [-0.05, 0) is 26.4 Å². The highest BCUT2D eigenvalue weighted by atomic mass is 16.5. The molecule has 0 bridgehead atoms. The number of rotatable bonds is 9. The lowest BCUT2D eigenvalue weighted by Gasteiger charge is -2.33. The van der Waals surface area contributed by atoms with Crippen molar-refractivity contribution in [2.75, 3.05) is 33.9 Å². The van der Waals surface area contributed by atoms with Gasteiger partial charge in [0.25, 0.3) is 0 Å². The maximum Gasteiger partial charge on any atom is 0.0615 e. The predicted molar refractivity (Wildman–Crippen MR) is 70.9 cm³/mol. The molecule has 3 nitrogen and oxygen atoms in total. The van der Waals surface area contributed by atoms with Crippen LogP contribution in [0.2, 0.25) is 0 Å². The molecule has 16 heavy (non-hydrogen) atoms. The number of hydrogen-bond acceptors (Lipinski definition) is 3. The van der Waals surface area contributed by atoms with Gasteiger partial charge in [0.2, 0.25) is 0 Å². The van der Waals surface area contributed by atoms with Crippen molar-refractivity contribution in [3.05, 3.63) is 0 Å². The van der Waals surface area contributed by atoms with Crippen molar-refractivity contribution >= 4 is 0 Å². The van der Waals surface area contributed by atoms with Gasteiger partial charge in [-0.25, -0.2) is 0 Å². The minimum Gasteiger partial charge on any atom is -0.383 e. The monoisotopic (exact) mass is 230 g/mol. The maximum atomic E-state index is 5.23. The third-order valence-corrected chi connectivity index (χ3v) is 3.57. The second kappa shape index (κ2) is 8.97. The molecule has 0 aromatic rings. The average molecular weight is 230 g/mol. The predicted octanol–water partition coefficient (Wildman–Crippen LogP) is 1.98. The first-order chi connectivity index (χ1) is 7.60. The van der Waals surface area contributed by atoms with E-state index in [1.165, 1.54) is 6.42 Å². The smallest absolute Gasteiger partial charge is 0.0615 e. The Hall–Kier alpha value is -0.120. The van der Waals surface area contributed by atoms with Crippen LogP contribution in [0.15, 0.2) is 0 Å². The van der Waals surface area contributed by atoms with Gasteiger partial charge >= 0.3 is 0 Å².